The molecule has 20 heavy (non-hydrogen) atoms. The first-order chi connectivity index (χ1) is 9.76. The third-order valence-corrected chi connectivity index (χ3v) is 3.49. The normalized spacial score (nSPS) is 12.8. The fourth-order valence-electron chi connectivity index (χ4n) is 2.35. The number of aryl methyl sites for hydroxylation is 1. The van der Waals surface area contributed by atoms with Crippen molar-refractivity contribution in [2.75, 3.05) is 0 Å². The van der Waals surface area contributed by atoms with Crippen LogP contribution in [-0.2, 0) is 13.0 Å². The number of nitrogens with zero attached hydrogens (tertiary/aromatic N) is 1. The van der Waals surface area contributed by atoms with Crippen molar-refractivity contribution in [3.05, 3.63) is 64.7 Å². The van der Waals surface area contributed by atoms with Crippen LogP contribution in [-0.4, -0.2) is 5.78 Å². The van der Waals surface area contributed by atoms with Crippen molar-refractivity contribution in [3.8, 4) is 11.8 Å². The Balaban J connectivity index is 1.71. The molecule has 0 saturated carbocycles. The van der Waals surface area contributed by atoms with Crippen LogP contribution < -0.4 is 4.74 Å². The second-order valence-electron chi connectivity index (χ2n) is 4.84. The van der Waals surface area contributed by atoms with Crippen LogP contribution in [0.2, 0.25) is 0 Å². The van der Waals surface area contributed by atoms with Crippen LogP contribution in [0.5, 0.6) is 5.75 Å². The summed E-state index contributed by atoms with van der Waals surface area (Å²) in [4.78, 5) is 11.7. The topological polar surface area (TPSA) is 50.1 Å². The van der Waals surface area contributed by atoms with Gasteiger partial charge in [-0.2, -0.15) is 5.26 Å². The van der Waals surface area contributed by atoms with Gasteiger partial charge in [0.15, 0.2) is 5.78 Å². The molecule has 0 amide bonds. The lowest BCUT2D eigenvalue weighted by atomic mass is 10.1. The molecule has 0 aromatic heterocycles. The number of carbonyl (C=O) groups excluding carboxylic acids is 1. The first kappa shape index (κ1) is 12.4. The van der Waals surface area contributed by atoms with Gasteiger partial charge in [0.2, 0.25) is 0 Å². The number of nitriles is 1. The Morgan fingerprint density at radius 3 is 2.65 bits per heavy atom. The van der Waals surface area contributed by atoms with Gasteiger partial charge in [-0.25, -0.2) is 0 Å². The molecule has 1 aliphatic carbocycles. The van der Waals surface area contributed by atoms with Crippen LogP contribution in [0.1, 0.15) is 33.5 Å². The molecule has 0 spiro atoms. The molecule has 0 atom stereocenters. The molecule has 0 unspecified atom stereocenters. The number of ketones is 1. The van der Waals surface area contributed by atoms with Gasteiger partial charge < -0.3 is 4.74 Å². The van der Waals surface area contributed by atoms with E-state index in [-0.39, 0.29) is 5.78 Å². The zero-order valence-electron chi connectivity index (χ0n) is 10.9. The number of carbonyl (C=O) groups is 1. The summed E-state index contributed by atoms with van der Waals surface area (Å²) in [6, 6.07) is 15.1. The molecule has 3 rings (SSSR count). The smallest absolute Gasteiger partial charge is 0.163 e. The lowest BCUT2D eigenvalue weighted by Crippen LogP contribution is -1.97. The van der Waals surface area contributed by atoms with Gasteiger partial charge in [-0.15, -0.1) is 0 Å². The van der Waals surface area contributed by atoms with Gasteiger partial charge in [-0.1, -0.05) is 18.2 Å². The average Bonchev–Trinajstić information content (AvgIpc) is 2.87. The molecule has 2 aromatic carbocycles. The maximum Gasteiger partial charge on any atom is 0.163 e. The quantitative estimate of drug-likeness (QED) is 0.854. The number of ether oxygens (including phenoxy) is 1. The fraction of sp³-hybridized carbons (Fsp3) is 0.176. The molecule has 0 heterocycles. The summed E-state index contributed by atoms with van der Waals surface area (Å²) < 4.78 is 5.70. The van der Waals surface area contributed by atoms with Gasteiger partial charge in [-0.05, 0) is 41.8 Å². The summed E-state index contributed by atoms with van der Waals surface area (Å²) in [6.45, 7) is 0.429. The highest BCUT2D eigenvalue weighted by Crippen LogP contribution is 2.26. The molecule has 3 heteroatoms. The maximum absolute atomic E-state index is 11.7. The van der Waals surface area contributed by atoms with Crippen LogP contribution in [0.15, 0.2) is 42.5 Å². The Hall–Kier alpha value is -2.60. The molecule has 2 aromatic rings. The number of Topliss-reactive ketones (excluding diaryl/α,β-unsaturated/α-hetero) is 1. The lowest BCUT2D eigenvalue weighted by Gasteiger charge is -2.08. The molecule has 0 fully saturated rings. The molecule has 98 valence electrons. The maximum atomic E-state index is 11.7. The zero-order valence-corrected chi connectivity index (χ0v) is 10.9. The third-order valence-electron chi connectivity index (χ3n) is 3.49. The molecular weight excluding hydrogens is 250 g/mol. The summed E-state index contributed by atoms with van der Waals surface area (Å²) in [5, 5.41) is 8.74. The van der Waals surface area contributed by atoms with Crippen molar-refractivity contribution in [2.45, 2.75) is 19.4 Å². The molecule has 0 saturated heterocycles. The summed E-state index contributed by atoms with van der Waals surface area (Å²) in [5.74, 6) is 0.909. The molecule has 0 radical (unpaired) electrons. The van der Waals surface area contributed by atoms with Crippen molar-refractivity contribution in [3.63, 3.8) is 0 Å². The lowest BCUT2D eigenvalue weighted by molar-refractivity contribution is 0.0994. The Bertz CT molecular complexity index is 696. The van der Waals surface area contributed by atoms with Crippen molar-refractivity contribution < 1.29 is 9.53 Å². The van der Waals surface area contributed by atoms with Crippen molar-refractivity contribution in [2.24, 2.45) is 0 Å². The standard InChI is InChI=1S/C17H13NO2/c18-10-12-1-3-13(4-2-12)11-20-15-7-5-14-6-8-17(19)16(14)9-15/h1-5,7,9H,6,8,11H2. The predicted molar refractivity (Wildman–Crippen MR) is 74.6 cm³/mol. The number of hydrogen-bond donors (Lipinski definition) is 0. The van der Waals surface area contributed by atoms with Crippen LogP contribution in [0.3, 0.4) is 0 Å². The van der Waals surface area contributed by atoms with E-state index < -0.39 is 0 Å². The third kappa shape index (κ3) is 2.41. The fourth-order valence-corrected chi connectivity index (χ4v) is 2.35. The minimum atomic E-state index is 0.198. The monoisotopic (exact) mass is 263 g/mol. The number of benzene rings is 2. The largest absolute Gasteiger partial charge is 0.489 e. The van der Waals surface area contributed by atoms with E-state index in [4.69, 9.17) is 10.00 Å². The minimum absolute atomic E-state index is 0.198. The van der Waals surface area contributed by atoms with Gasteiger partial charge in [-0.3, -0.25) is 4.79 Å². The van der Waals surface area contributed by atoms with E-state index in [0.717, 1.165) is 23.1 Å². The van der Waals surface area contributed by atoms with Crippen molar-refractivity contribution >= 4 is 5.78 Å². The molecule has 0 N–H and O–H groups in total. The number of fused-ring (bicyclic) bond motifs is 1. The molecule has 0 bridgehead atoms. The van der Waals surface area contributed by atoms with Crippen LogP contribution >= 0.6 is 0 Å². The van der Waals surface area contributed by atoms with Crippen LogP contribution in [0.25, 0.3) is 0 Å². The minimum Gasteiger partial charge on any atom is -0.489 e. The number of rotatable bonds is 3. The second-order valence-corrected chi connectivity index (χ2v) is 4.84. The highest BCUT2D eigenvalue weighted by atomic mass is 16.5. The second kappa shape index (κ2) is 5.18. The Morgan fingerprint density at radius 1 is 1.10 bits per heavy atom. The Labute approximate surface area is 117 Å². The van der Waals surface area contributed by atoms with Gasteiger partial charge in [0.25, 0.3) is 0 Å². The van der Waals surface area contributed by atoms with E-state index in [1.807, 2.05) is 30.3 Å². The highest BCUT2D eigenvalue weighted by Gasteiger charge is 2.19. The first-order valence-electron chi connectivity index (χ1n) is 6.54. The van der Waals surface area contributed by atoms with E-state index in [1.165, 1.54) is 0 Å². The van der Waals surface area contributed by atoms with Crippen molar-refractivity contribution in [1.82, 2.24) is 0 Å². The van der Waals surface area contributed by atoms with E-state index in [9.17, 15) is 4.79 Å². The van der Waals surface area contributed by atoms with E-state index in [2.05, 4.69) is 6.07 Å². The van der Waals surface area contributed by atoms with Crippen LogP contribution in [0, 0.1) is 11.3 Å². The van der Waals surface area contributed by atoms with Crippen LogP contribution in [0.4, 0.5) is 0 Å². The zero-order chi connectivity index (χ0) is 13.9. The summed E-state index contributed by atoms with van der Waals surface area (Å²) in [6.07, 6.45) is 1.44. The summed E-state index contributed by atoms with van der Waals surface area (Å²) >= 11 is 0. The van der Waals surface area contributed by atoms with Gasteiger partial charge >= 0.3 is 0 Å². The van der Waals surface area contributed by atoms with E-state index >= 15 is 0 Å². The van der Waals surface area contributed by atoms with Crippen molar-refractivity contribution in [1.29, 1.82) is 5.26 Å². The van der Waals surface area contributed by atoms with E-state index in [1.54, 1.807) is 12.1 Å². The summed E-state index contributed by atoms with van der Waals surface area (Å²) in [5.41, 5.74) is 3.54. The highest BCUT2D eigenvalue weighted by molar-refractivity contribution is 6.00. The SMILES string of the molecule is N#Cc1ccc(COc2ccc3c(c2)C(=O)CC3)cc1. The summed E-state index contributed by atoms with van der Waals surface area (Å²) in [7, 11) is 0. The molecule has 0 aliphatic heterocycles. The molecule has 1 aliphatic rings. The van der Waals surface area contributed by atoms with Gasteiger partial charge in [0.05, 0.1) is 11.6 Å². The molecular formula is C17H13NO2. The van der Waals surface area contributed by atoms with Gasteiger partial charge in [0, 0.05) is 12.0 Å². The molecule has 3 nitrogen and oxygen atoms in total. The average molecular weight is 263 g/mol. The Kier molecular flexibility index (Phi) is 3.22. The number of hydrogen-bond acceptors (Lipinski definition) is 3. The predicted octanol–water partition coefficient (Wildman–Crippen LogP) is 3.27. The van der Waals surface area contributed by atoms with E-state index in [0.29, 0.717) is 24.3 Å². The Morgan fingerprint density at radius 2 is 1.90 bits per heavy atom. The first-order valence-corrected chi connectivity index (χ1v) is 6.54. The van der Waals surface area contributed by atoms with Gasteiger partial charge in [0.1, 0.15) is 12.4 Å².